The molecule has 0 unspecified atom stereocenters. The van der Waals surface area contributed by atoms with Crippen LogP contribution in [0.2, 0.25) is 0 Å². The fourth-order valence-electron chi connectivity index (χ4n) is 0.807. The van der Waals surface area contributed by atoms with Crippen molar-refractivity contribution in [1.29, 1.82) is 0 Å². The van der Waals surface area contributed by atoms with Crippen LogP contribution in [-0.4, -0.2) is 0 Å². The molecule has 0 N–H and O–H groups in total. The van der Waals surface area contributed by atoms with Gasteiger partial charge in [-0.1, -0.05) is 35.4 Å². The quantitative estimate of drug-likeness (QED) is 0.447. The first kappa shape index (κ1) is 5.36. The smallest absolute Gasteiger partial charge is 0.0398 e. The number of aryl methyl sites for hydroxylation is 2. The lowest BCUT2D eigenvalue weighted by atomic mass is 10.2. The zero-order valence-corrected chi connectivity index (χ0v) is 5.31. The highest BCUT2D eigenvalue weighted by molar-refractivity contribution is 5.20. The Bertz CT molecular complexity index is 160. The molecule has 0 nitrogen and oxygen atoms in total. The van der Waals surface area contributed by atoms with E-state index in [1.54, 1.807) is 0 Å². The van der Waals surface area contributed by atoms with Crippen LogP contribution in [0.1, 0.15) is 11.1 Å². The zero-order valence-electron chi connectivity index (χ0n) is 5.31. The molecule has 0 saturated heterocycles. The van der Waals surface area contributed by atoms with Gasteiger partial charge in [-0.3, -0.25) is 0 Å². The normalized spacial score (nSPS) is 9.25. The van der Waals surface area contributed by atoms with Crippen LogP contribution in [0.15, 0.2) is 24.3 Å². The predicted molar refractivity (Wildman–Crippen MR) is 35.9 cm³/mol. The van der Waals surface area contributed by atoms with Crippen LogP contribution in [-0.2, 0) is 0 Å². The largest absolute Gasteiger partial charge is 0.0617 e. The summed E-state index contributed by atoms with van der Waals surface area (Å²) in [4.78, 5) is 0. The molecule has 0 fully saturated rings. The van der Waals surface area contributed by atoms with E-state index in [-0.39, 0.29) is 0 Å². The first-order valence-electron chi connectivity index (χ1n) is 2.82. The third-order valence-corrected chi connectivity index (χ3v) is 1.17. The van der Waals surface area contributed by atoms with Crippen LogP contribution in [0.4, 0.5) is 0 Å². The Morgan fingerprint density at radius 3 is 1.75 bits per heavy atom. The Morgan fingerprint density at radius 1 is 1.00 bits per heavy atom. The van der Waals surface area contributed by atoms with Gasteiger partial charge in [0.15, 0.2) is 0 Å². The van der Waals surface area contributed by atoms with Crippen molar-refractivity contribution in [2.45, 2.75) is 13.8 Å². The van der Waals surface area contributed by atoms with Crippen molar-refractivity contribution < 1.29 is 0 Å². The lowest BCUT2D eigenvalue weighted by molar-refractivity contribution is 1.39. The molecule has 0 aromatic heterocycles. The standard InChI is InChI=1S/C8H10/c1-7-4-3-5-8(2)6-7/h3-6H,1-2H3/i1+1,2+1. The Balaban J connectivity index is 3.08. The molecule has 42 valence electrons. The highest BCUT2D eigenvalue weighted by Gasteiger charge is 1.80. The molecule has 0 saturated carbocycles. The molecule has 1 rings (SSSR count). The van der Waals surface area contributed by atoms with E-state index in [2.05, 4.69) is 38.1 Å². The van der Waals surface area contributed by atoms with Gasteiger partial charge in [-0.15, -0.1) is 0 Å². The van der Waals surface area contributed by atoms with Crippen molar-refractivity contribution >= 4 is 0 Å². The molecule has 1 aromatic carbocycles. The summed E-state index contributed by atoms with van der Waals surface area (Å²) in [6.45, 7) is 4.21. The summed E-state index contributed by atoms with van der Waals surface area (Å²) < 4.78 is 0. The van der Waals surface area contributed by atoms with Crippen LogP contribution in [0, 0.1) is 13.8 Å². The van der Waals surface area contributed by atoms with Crippen molar-refractivity contribution in [2.75, 3.05) is 0 Å². The van der Waals surface area contributed by atoms with Crippen LogP contribution >= 0.6 is 0 Å². The average molecular weight is 108 g/mol. The SMILES string of the molecule is [13CH3]c1cccc([13CH3])c1. The lowest BCUT2D eigenvalue weighted by Crippen LogP contribution is -1.71. The minimum Gasteiger partial charge on any atom is -0.0617 e. The summed E-state index contributed by atoms with van der Waals surface area (Å²) in [5.74, 6) is 0. The van der Waals surface area contributed by atoms with Gasteiger partial charge in [-0.2, -0.15) is 0 Å². The molecule has 0 heteroatoms. The Hall–Kier alpha value is -0.780. The second-order valence-electron chi connectivity index (χ2n) is 2.16. The Labute approximate surface area is 50.2 Å². The second kappa shape index (κ2) is 1.99. The first-order valence-corrected chi connectivity index (χ1v) is 2.82. The topological polar surface area (TPSA) is 0 Å². The van der Waals surface area contributed by atoms with Crippen molar-refractivity contribution in [2.24, 2.45) is 0 Å². The van der Waals surface area contributed by atoms with Gasteiger partial charge in [-0.25, -0.2) is 0 Å². The van der Waals surface area contributed by atoms with E-state index >= 15 is 0 Å². The van der Waals surface area contributed by atoms with Gasteiger partial charge in [0.05, 0.1) is 0 Å². The lowest BCUT2D eigenvalue weighted by Gasteiger charge is -1.90. The summed E-state index contributed by atoms with van der Waals surface area (Å²) in [5.41, 5.74) is 2.68. The van der Waals surface area contributed by atoms with Gasteiger partial charge in [0, 0.05) is 0 Å². The second-order valence-corrected chi connectivity index (χ2v) is 2.16. The maximum Gasteiger partial charge on any atom is -0.0398 e. The molecule has 0 atom stereocenters. The van der Waals surface area contributed by atoms with Crippen molar-refractivity contribution in [3.8, 4) is 0 Å². The highest BCUT2D eigenvalue weighted by Crippen LogP contribution is 2.00. The van der Waals surface area contributed by atoms with Crippen LogP contribution in [0.25, 0.3) is 0 Å². The molecule has 1 aromatic rings. The fraction of sp³-hybridized carbons (Fsp3) is 0.250. The van der Waals surface area contributed by atoms with Gasteiger partial charge in [0.25, 0.3) is 0 Å². The van der Waals surface area contributed by atoms with Crippen LogP contribution in [0.5, 0.6) is 0 Å². The number of hydrogen-bond donors (Lipinski definition) is 0. The van der Waals surface area contributed by atoms with Crippen molar-refractivity contribution in [3.63, 3.8) is 0 Å². The van der Waals surface area contributed by atoms with Crippen LogP contribution < -0.4 is 0 Å². The van der Waals surface area contributed by atoms with Gasteiger partial charge in [0.2, 0.25) is 0 Å². The Morgan fingerprint density at radius 2 is 1.50 bits per heavy atom. The number of benzene rings is 1. The molecule has 0 aliphatic carbocycles. The third-order valence-electron chi connectivity index (χ3n) is 1.17. The van der Waals surface area contributed by atoms with E-state index in [1.165, 1.54) is 11.1 Å². The average Bonchev–Trinajstić information content (AvgIpc) is 1.64. The van der Waals surface area contributed by atoms with Crippen molar-refractivity contribution in [3.05, 3.63) is 35.4 Å². The third kappa shape index (κ3) is 1.09. The molecule has 0 bridgehead atoms. The van der Waals surface area contributed by atoms with Gasteiger partial charge in [-0.05, 0) is 13.8 Å². The summed E-state index contributed by atoms with van der Waals surface area (Å²) in [5, 5.41) is 0. The summed E-state index contributed by atoms with van der Waals surface area (Å²) in [7, 11) is 0. The number of rotatable bonds is 0. The summed E-state index contributed by atoms with van der Waals surface area (Å²) in [6, 6.07) is 8.45. The molecule has 0 radical (unpaired) electrons. The maximum atomic E-state index is 2.17. The van der Waals surface area contributed by atoms with E-state index in [9.17, 15) is 0 Å². The molecule has 0 aliphatic rings. The van der Waals surface area contributed by atoms with E-state index in [1.807, 2.05) is 0 Å². The van der Waals surface area contributed by atoms with Gasteiger partial charge < -0.3 is 0 Å². The molecule has 0 spiro atoms. The van der Waals surface area contributed by atoms with E-state index in [4.69, 9.17) is 0 Å². The predicted octanol–water partition coefficient (Wildman–Crippen LogP) is 2.30. The molecule has 0 aliphatic heterocycles. The maximum absolute atomic E-state index is 2.17. The minimum atomic E-state index is 1.34. The molecular formula is C8H10. The van der Waals surface area contributed by atoms with Gasteiger partial charge >= 0.3 is 0 Å². The zero-order chi connectivity index (χ0) is 5.98. The summed E-state index contributed by atoms with van der Waals surface area (Å²) in [6.07, 6.45) is 0. The van der Waals surface area contributed by atoms with E-state index in [0.717, 1.165) is 0 Å². The Kier molecular flexibility index (Phi) is 1.34. The minimum absolute atomic E-state index is 1.34. The fourth-order valence-corrected chi connectivity index (χ4v) is 0.807. The highest BCUT2D eigenvalue weighted by atomic mass is 14.1. The van der Waals surface area contributed by atoms with E-state index in [0.29, 0.717) is 0 Å². The molecule has 0 heterocycles. The molecule has 8 heavy (non-hydrogen) atoms. The monoisotopic (exact) mass is 108 g/mol. The molecular weight excluding hydrogens is 98.1 g/mol. The number of hydrogen-bond acceptors (Lipinski definition) is 0. The first-order chi connectivity index (χ1) is 3.79. The molecule has 0 amide bonds. The van der Waals surface area contributed by atoms with Crippen molar-refractivity contribution in [1.82, 2.24) is 0 Å². The van der Waals surface area contributed by atoms with Gasteiger partial charge in [0.1, 0.15) is 0 Å². The van der Waals surface area contributed by atoms with E-state index < -0.39 is 0 Å². The summed E-state index contributed by atoms with van der Waals surface area (Å²) >= 11 is 0. The van der Waals surface area contributed by atoms with Crippen LogP contribution in [0.3, 0.4) is 0 Å².